The monoisotopic (exact) mass is 256 g/mol. The lowest BCUT2D eigenvalue weighted by atomic mass is 9.93. The number of hydrogen-bond acceptors (Lipinski definition) is 4. The van der Waals surface area contributed by atoms with Gasteiger partial charge in [0.25, 0.3) is 0 Å². The second-order valence-electron chi connectivity index (χ2n) is 6.11. The van der Waals surface area contributed by atoms with Gasteiger partial charge < -0.3 is 19.7 Å². The smallest absolute Gasteiger partial charge is 0.410 e. The van der Waals surface area contributed by atoms with Gasteiger partial charge >= 0.3 is 6.09 Å². The van der Waals surface area contributed by atoms with Crippen molar-refractivity contribution in [1.29, 1.82) is 0 Å². The summed E-state index contributed by atoms with van der Waals surface area (Å²) in [6, 6.07) is 0.478. The number of ether oxygens (including phenoxy) is 2. The van der Waals surface area contributed by atoms with Crippen LogP contribution < -0.4 is 5.32 Å². The molecule has 0 bridgehead atoms. The zero-order valence-corrected chi connectivity index (χ0v) is 11.6. The van der Waals surface area contributed by atoms with Gasteiger partial charge in [0.2, 0.25) is 0 Å². The van der Waals surface area contributed by atoms with Crippen LogP contribution in [-0.2, 0) is 9.47 Å². The first-order valence-electron chi connectivity index (χ1n) is 6.75. The quantitative estimate of drug-likeness (QED) is 0.708. The minimum Gasteiger partial charge on any atom is -0.444 e. The van der Waals surface area contributed by atoms with Gasteiger partial charge in [0, 0.05) is 31.6 Å². The van der Waals surface area contributed by atoms with Gasteiger partial charge in [-0.2, -0.15) is 0 Å². The van der Waals surface area contributed by atoms with Crippen LogP contribution in [-0.4, -0.2) is 55.5 Å². The molecule has 1 amide bonds. The van der Waals surface area contributed by atoms with E-state index >= 15 is 0 Å². The predicted molar refractivity (Wildman–Crippen MR) is 68.5 cm³/mol. The minimum atomic E-state index is -0.424. The summed E-state index contributed by atoms with van der Waals surface area (Å²) in [6.07, 6.45) is 0.776. The molecule has 2 fully saturated rings. The molecule has 5 heteroatoms. The SMILES string of the molecule is CC(C)(C)OC(=O)N1CC[C@@H]2NCCOC[C@@H]2C1. The van der Waals surface area contributed by atoms with E-state index in [2.05, 4.69) is 5.32 Å². The molecule has 0 aromatic carbocycles. The van der Waals surface area contributed by atoms with Crippen LogP contribution in [0.2, 0.25) is 0 Å². The minimum absolute atomic E-state index is 0.204. The van der Waals surface area contributed by atoms with Crippen LogP contribution in [0.25, 0.3) is 0 Å². The summed E-state index contributed by atoms with van der Waals surface area (Å²) < 4.78 is 11.0. The fraction of sp³-hybridized carbons (Fsp3) is 0.923. The first-order valence-corrected chi connectivity index (χ1v) is 6.75. The molecule has 2 heterocycles. The van der Waals surface area contributed by atoms with Crippen molar-refractivity contribution >= 4 is 6.09 Å². The number of carbonyl (C=O) groups excluding carboxylic acids is 1. The van der Waals surface area contributed by atoms with Crippen molar-refractivity contribution in [1.82, 2.24) is 10.2 Å². The van der Waals surface area contributed by atoms with Gasteiger partial charge in [-0.3, -0.25) is 0 Å². The Bertz CT molecular complexity index is 301. The Balaban J connectivity index is 1.91. The number of nitrogens with one attached hydrogen (secondary N) is 1. The Morgan fingerprint density at radius 2 is 2.22 bits per heavy atom. The van der Waals surface area contributed by atoms with E-state index < -0.39 is 5.60 Å². The van der Waals surface area contributed by atoms with Crippen molar-refractivity contribution in [2.75, 3.05) is 32.8 Å². The first-order chi connectivity index (χ1) is 8.46. The molecule has 1 N–H and O–H groups in total. The number of fused-ring (bicyclic) bond motifs is 1. The molecular formula is C13H24N2O3. The third kappa shape index (κ3) is 3.59. The highest BCUT2D eigenvalue weighted by atomic mass is 16.6. The number of amides is 1. The van der Waals surface area contributed by atoms with Crippen LogP contribution in [0.15, 0.2) is 0 Å². The average molecular weight is 256 g/mol. The Morgan fingerprint density at radius 1 is 1.44 bits per heavy atom. The third-order valence-electron chi connectivity index (χ3n) is 3.37. The topological polar surface area (TPSA) is 50.8 Å². The van der Waals surface area contributed by atoms with Crippen LogP contribution in [0.1, 0.15) is 27.2 Å². The zero-order valence-electron chi connectivity index (χ0n) is 11.6. The fourth-order valence-electron chi connectivity index (χ4n) is 2.51. The van der Waals surface area contributed by atoms with E-state index in [1.807, 2.05) is 25.7 Å². The third-order valence-corrected chi connectivity index (χ3v) is 3.37. The molecule has 0 saturated carbocycles. The summed E-state index contributed by atoms with van der Waals surface area (Å²) in [5.41, 5.74) is -0.424. The number of piperidine rings is 1. The van der Waals surface area contributed by atoms with Crippen molar-refractivity contribution in [3.63, 3.8) is 0 Å². The highest BCUT2D eigenvalue weighted by Crippen LogP contribution is 2.21. The van der Waals surface area contributed by atoms with Crippen molar-refractivity contribution in [2.24, 2.45) is 5.92 Å². The molecule has 0 aromatic heterocycles. The van der Waals surface area contributed by atoms with Crippen molar-refractivity contribution in [2.45, 2.75) is 38.8 Å². The van der Waals surface area contributed by atoms with Crippen molar-refractivity contribution in [3.8, 4) is 0 Å². The normalized spacial score (nSPS) is 29.4. The van der Waals surface area contributed by atoms with Crippen LogP contribution in [0.5, 0.6) is 0 Å². The van der Waals surface area contributed by atoms with E-state index in [9.17, 15) is 4.79 Å². The average Bonchev–Trinajstić information content (AvgIpc) is 2.50. The fourth-order valence-corrected chi connectivity index (χ4v) is 2.51. The molecule has 0 unspecified atom stereocenters. The van der Waals surface area contributed by atoms with Crippen LogP contribution >= 0.6 is 0 Å². The van der Waals surface area contributed by atoms with E-state index in [0.717, 1.165) is 39.3 Å². The van der Waals surface area contributed by atoms with Crippen molar-refractivity contribution in [3.05, 3.63) is 0 Å². The number of carbonyl (C=O) groups is 1. The number of likely N-dealkylation sites (tertiary alicyclic amines) is 1. The summed E-state index contributed by atoms with van der Waals surface area (Å²) in [4.78, 5) is 13.8. The van der Waals surface area contributed by atoms with E-state index in [0.29, 0.717) is 12.0 Å². The molecule has 0 aromatic rings. The maximum absolute atomic E-state index is 12.0. The van der Waals surface area contributed by atoms with Crippen LogP contribution in [0.4, 0.5) is 4.79 Å². The van der Waals surface area contributed by atoms with Gasteiger partial charge in [-0.05, 0) is 27.2 Å². The lowest BCUT2D eigenvalue weighted by Gasteiger charge is -2.38. The van der Waals surface area contributed by atoms with Crippen LogP contribution in [0.3, 0.4) is 0 Å². The molecule has 0 aliphatic carbocycles. The number of hydrogen-bond donors (Lipinski definition) is 1. The molecular weight excluding hydrogens is 232 g/mol. The van der Waals surface area contributed by atoms with Crippen molar-refractivity contribution < 1.29 is 14.3 Å². The summed E-state index contributed by atoms with van der Waals surface area (Å²) in [7, 11) is 0. The van der Waals surface area contributed by atoms with Crippen LogP contribution in [0, 0.1) is 5.92 Å². The molecule has 0 spiro atoms. The molecule has 0 radical (unpaired) electrons. The Labute approximate surface area is 109 Å². The van der Waals surface area contributed by atoms with Gasteiger partial charge in [0.05, 0.1) is 13.2 Å². The molecule has 2 saturated heterocycles. The largest absolute Gasteiger partial charge is 0.444 e. The lowest BCUT2D eigenvalue weighted by Crippen LogP contribution is -2.52. The molecule has 18 heavy (non-hydrogen) atoms. The van der Waals surface area contributed by atoms with E-state index in [1.165, 1.54) is 0 Å². The van der Waals surface area contributed by atoms with Gasteiger partial charge in [-0.15, -0.1) is 0 Å². The molecule has 5 nitrogen and oxygen atoms in total. The number of rotatable bonds is 0. The van der Waals surface area contributed by atoms with Gasteiger partial charge in [0.1, 0.15) is 5.60 Å². The van der Waals surface area contributed by atoms with E-state index in [4.69, 9.17) is 9.47 Å². The lowest BCUT2D eigenvalue weighted by molar-refractivity contribution is 0.00762. The highest BCUT2D eigenvalue weighted by Gasteiger charge is 2.34. The summed E-state index contributed by atoms with van der Waals surface area (Å²) in [5, 5.41) is 3.49. The van der Waals surface area contributed by atoms with E-state index in [-0.39, 0.29) is 6.09 Å². The van der Waals surface area contributed by atoms with E-state index in [1.54, 1.807) is 0 Å². The maximum Gasteiger partial charge on any atom is 0.410 e. The standard InChI is InChI=1S/C13H24N2O3/c1-13(2,3)18-12(16)15-6-4-11-10(8-15)9-17-7-5-14-11/h10-11,14H,4-9H2,1-3H3/t10-,11-/m0/s1. The number of nitrogens with zero attached hydrogens (tertiary/aromatic N) is 1. The zero-order chi connectivity index (χ0) is 13.2. The predicted octanol–water partition coefficient (Wildman–Crippen LogP) is 1.23. The summed E-state index contributed by atoms with van der Waals surface area (Å²) in [6.45, 7) is 9.59. The molecule has 2 rings (SSSR count). The summed E-state index contributed by atoms with van der Waals surface area (Å²) in [5.74, 6) is 0.383. The van der Waals surface area contributed by atoms with Gasteiger partial charge in [-0.1, -0.05) is 0 Å². The second-order valence-corrected chi connectivity index (χ2v) is 6.11. The Morgan fingerprint density at radius 3 is 2.94 bits per heavy atom. The Hall–Kier alpha value is -0.810. The molecule has 104 valence electrons. The Kier molecular flexibility index (Phi) is 4.12. The molecule has 2 aliphatic heterocycles. The maximum atomic E-state index is 12.0. The van der Waals surface area contributed by atoms with Gasteiger partial charge in [-0.25, -0.2) is 4.79 Å². The van der Waals surface area contributed by atoms with Gasteiger partial charge in [0.15, 0.2) is 0 Å². The summed E-state index contributed by atoms with van der Waals surface area (Å²) >= 11 is 0. The molecule has 2 atom stereocenters. The first kappa shape index (κ1) is 13.6. The second kappa shape index (κ2) is 5.45. The molecule has 2 aliphatic rings. The highest BCUT2D eigenvalue weighted by molar-refractivity contribution is 5.68.